The molecule has 0 aliphatic carbocycles. The minimum absolute atomic E-state index is 0.111. The van der Waals surface area contributed by atoms with Gasteiger partial charge in [0, 0.05) is 6.04 Å². The van der Waals surface area contributed by atoms with Crippen LogP contribution < -0.4 is 11.3 Å². The molecule has 4 nitrogen and oxygen atoms in total. The number of hydrogen-bond acceptors (Lipinski definition) is 4. The smallest absolute Gasteiger partial charge is 0.154 e. The molecule has 1 heterocycles. The molecule has 0 spiro atoms. The van der Waals surface area contributed by atoms with Crippen molar-refractivity contribution in [2.24, 2.45) is 11.8 Å². The summed E-state index contributed by atoms with van der Waals surface area (Å²) in [6.45, 7) is 3.99. The number of rotatable bonds is 3. The summed E-state index contributed by atoms with van der Waals surface area (Å²) in [6.07, 6.45) is 2.54. The van der Waals surface area contributed by atoms with Gasteiger partial charge in [0.2, 0.25) is 0 Å². The van der Waals surface area contributed by atoms with Crippen LogP contribution in [0.3, 0.4) is 0 Å². The van der Waals surface area contributed by atoms with Gasteiger partial charge in [0.15, 0.2) is 9.84 Å². The largest absolute Gasteiger partial charge is 0.271 e. The molecule has 14 heavy (non-hydrogen) atoms. The van der Waals surface area contributed by atoms with Crippen molar-refractivity contribution in [2.75, 3.05) is 5.75 Å². The monoisotopic (exact) mass is 220 g/mol. The van der Waals surface area contributed by atoms with Gasteiger partial charge < -0.3 is 0 Å². The van der Waals surface area contributed by atoms with E-state index in [1.54, 1.807) is 0 Å². The molecule has 1 fully saturated rings. The standard InChI is InChI=1S/C9H20N2O2S/c1-7(2)9(11-10)8-5-3-4-6-14(8,12)13/h7-9,11H,3-6,10H2,1-2H3. The number of sulfone groups is 1. The van der Waals surface area contributed by atoms with Gasteiger partial charge in [-0.05, 0) is 18.8 Å². The molecule has 0 aromatic heterocycles. The number of hydrazine groups is 1. The lowest BCUT2D eigenvalue weighted by Gasteiger charge is -2.31. The Balaban J connectivity index is 2.82. The summed E-state index contributed by atoms with van der Waals surface area (Å²) in [5.41, 5.74) is 2.65. The van der Waals surface area contributed by atoms with Gasteiger partial charge in [-0.3, -0.25) is 11.3 Å². The molecule has 0 aromatic carbocycles. The zero-order valence-electron chi connectivity index (χ0n) is 8.86. The van der Waals surface area contributed by atoms with E-state index in [-0.39, 0.29) is 17.2 Å². The lowest BCUT2D eigenvalue weighted by atomic mass is 9.98. The van der Waals surface area contributed by atoms with E-state index in [2.05, 4.69) is 5.43 Å². The zero-order chi connectivity index (χ0) is 10.8. The molecule has 0 bridgehead atoms. The van der Waals surface area contributed by atoms with Crippen molar-refractivity contribution in [2.45, 2.75) is 44.4 Å². The second-order valence-electron chi connectivity index (χ2n) is 4.34. The third-order valence-corrected chi connectivity index (χ3v) is 5.25. The molecule has 3 N–H and O–H groups in total. The quantitative estimate of drug-likeness (QED) is 0.535. The van der Waals surface area contributed by atoms with Crippen LogP contribution in [0.4, 0.5) is 0 Å². The van der Waals surface area contributed by atoms with Gasteiger partial charge in [-0.25, -0.2) is 8.42 Å². The van der Waals surface area contributed by atoms with Crippen molar-refractivity contribution in [1.29, 1.82) is 0 Å². The van der Waals surface area contributed by atoms with Crippen molar-refractivity contribution in [3.8, 4) is 0 Å². The fourth-order valence-corrected chi connectivity index (χ4v) is 4.39. The lowest BCUT2D eigenvalue weighted by Crippen LogP contribution is -2.52. The van der Waals surface area contributed by atoms with Crippen LogP contribution in [0, 0.1) is 5.92 Å². The average Bonchev–Trinajstić information content (AvgIpc) is 2.08. The second kappa shape index (κ2) is 4.59. The summed E-state index contributed by atoms with van der Waals surface area (Å²) in [6, 6.07) is -0.111. The molecule has 2 unspecified atom stereocenters. The first kappa shape index (κ1) is 11.9. The Morgan fingerprint density at radius 2 is 2.00 bits per heavy atom. The Labute approximate surface area is 86.1 Å². The van der Waals surface area contributed by atoms with Gasteiger partial charge in [0.25, 0.3) is 0 Å². The second-order valence-corrected chi connectivity index (χ2v) is 6.68. The van der Waals surface area contributed by atoms with Crippen molar-refractivity contribution >= 4 is 9.84 Å². The predicted molar refractivity (Wildman–Crippen MR) is 57.4 cm³/mol. The Morgan fingerprint density at radius 3 is 2.43 bits per heavy atom. The number of hydrogen-bond donors (Lipinski definition) is 2. The fourth-order valence-electron chi connectivity index (χ4n) is 2.11. The highest BCUT2D eigenvalue weighted by Crippen LogP contribution is 2.25. The van der Waals surface area contributed by atoms with E-state index in [4.69, 9.17) is 5.84 Å². The maximum absolute atomic E-state index is 11.8. The normalized spacial score (nSPS) is 29.0. The Kier molecular flexibility index (Phi) is 3.92. The highest BCUT2D eigenvalue weighted by Gasteiger charge is 2.36. The van der Waals surface area contributed by atoms with Crippen LogP contribution in [0.25, 0.3) is 0 Å². The molecule has 1 aliphatic heterocycles. The fraction of sp³-hybridized carbons (Fsp3) is 1.00. The topological polar surface area (TPSA) is 72.2 Å². The summed E-state index contributed by atoms with van der Waals surface area (Å²) < 4.78 is 23.6. The van der Waals surface area contributed by atoms with Crippen LogP contribution in [0.1, 0.15) is 33.1 Å². The van der Waals surface area contributed by atoms with Crippen molar-refractivity contribution in [3.05, 3.63) is 0 Å². The maximum atomic E-state index is 11.8. The lowest BCUT2D eigenvalue weighted by molar-refractivity contribution is 0.362. The average molecular weight is 220 g/mol. The number of nitrogens with two attached hydrogens (primary N) is 1. The van der Waals surface area contributed by atoms with Crippen LogP contribution in [0.5, 0.6) is 0 Å². The van der Waals surface area contributed by atoms with Gasteiger partial charge in [0.1, 0.15) is 0 Å². The first-order valence-electron chi connectivity index (χ1n) is 5.16. The molecule has 84 valence electrons. The first-order chi connectivity index (χ1) is 6.49. The Hall–Kier alpha value is -0.130. The van der Waals surface area contributed by atoms with Gasteiger partial charge in [-0.2, -0.15) is 0 Å². The molecule has 1 saturated heterocycles. The molecule has 5 heteroatoms. The minimum Gasteiger partial charge on any atom is -0.271 e. The first-order valence-corrected chi connectivity index (χ1v) is 6.88. The third kappa shape index (κ3) is 2.46. The van der Waals surface area contributed by atoms with Crippen molar-refractivity contribution in [1.82, 2.24) is 5.43 Å². The number of nitrogens with one attached hydrogen (secondary N) is 1. The summed E-state index contributed by atoms with van der Waals surface area (Å²) in [4.78, 5) is 0. The molecular formula is C9H20N2O2S. The summed E-state index contributed by atoms with van der Waals surface area (Å²) in [7, 11) is -2.92. The predicted octanol–water partition coefficient (Wildman–Crippen LogP) is 0.442. The van der Waals surface area contributed by atoms with Crippen LogP contribution in [-0.2, 0) is 9.84 Å². The van der Waals surface area contributed by atoms with E-state index in [0.717, 1.165) is 19.3 Å². The minimum atomic E-state index is -2.92. The molecule has 0 radical (unpaired) electrons. The summed E-state index contributed by atoms with van der Waals surface area (Å²) in [5.74, 6) is 5.98. The van der Waals surface area contributed by atoms with Gasteiger partial charge in [-0.15, -0.1) is 0 Å². The van der Waals surface area contributed by atoms with Crippen molar-refractivity contribution < 1.29 is 8.42 Å². The van der Waals surface area contributed by atoms with E-state index in [9.17, 15) is 8.42 Å². The van der Waals surface area contributed by atoms with E-state index < -0.39 is 9.84 Å². The Bertz CT molecular complexity index is 275. The summed E-state index contributed by atoms with van der Waals surface area (Å²) >= 11 is 0. The molecule has 1 rings (SSSR count). The highest BCUT2D eigenvalue weighted by molar-refractivity contribution is 7.92. The van der Waals surface area contributed by atoms with Gasteiger partial charge in [0.05, 0.1) is 11.0 Å². The van der Waals surface area contributed by atoms with Crippen LogP contribution >= 0.6 is 0 Å². The molecule has 0 saturated carbocycles. The SMILES string of the molecule is CC(C)C(NN)C1CCCCS1(=O)=O. The highest BCUT2D eigenvalue weighted by atomic mass is 32.2. The van der Waals surface area contributed by atoms with Crippen molar-refractivity contribution in [3.63, 3.8) is 0 Å². The molecule has 0 amide bonds. The molecular weight excluding hydrogens is 200 g/mol. The van der Waals surface area contributed by atoms with Crippen LogP contribution in [-0.4, -0.2) is 25.5 Å². The molecule has 1 aliphatic rings. The maximum Gasteiger partial charge on any atom is 0.154 e. The van der Waals surface area contributed by atoms with Gasteiger partial charge >= 0.3 is 0 Å². The van der Waals surface area contributed by atoms with E-state index in [1.165, 1.54) is 0 Å². The van der Waals surface area contributed by atoms with E-state index in [0.29, 0.717) is 5.75 Å². The van der Waals surface area contributed by atoms with E-state index in [1.807, 2.05) is 13.8 Å². The molecule has 2 atom stereocenters. The van der Waals surface area contributed by atoms with E-state index >= 15 is 0 Å². The third-order valence-electron chi connectivity index (χ3n) is 2.94. The van der Waals surface area contributed by atoms with Crippen LogP contribution in [0.2, 0.25) is 0 Å². The molecule has 0 aromatic rings. The zero-order valence-corrected chi connectivity index (χ0v) is 9.68. The Morgan fingerprint density at radius 1 is 1.36 bits per heavy atom. The summed E-state index contributed by atoms with van der Waals surface area (Å²) in [5, 5.41) is -0.291. The van der Waals surface area contributed by atoms with Crippen LogP contribution in [0.15, 0.2) is 0 Å². The van der Waals surface area contributed by atoms with Gasteiger partial charge in [-0.1, -0.05) is 20.3 Å².